The minimum atomic E-state index is 0.670. The van der Waals surface area contributed by atoms with E-state index in [1.807, 2.05) is 24.3 Å². The smallest absolute Gasteiger partial charge is 0.199 e. The third-order valence-corrected chi connectivity index (χ3v) is 3.88. The molecule has 0 fully saturated rings. The molecular formula is C16H15BrN2O. The molecule has 1 heterocycles. The van der Waals surface area contributed by atoms with Crippen LogP contribution in [0.5, 0.6) is 0 Å². The van der Waals surface area contributed by atoms with Crippen molar-refractivity contribution in [3.8, 4) is 0 Å². The molecule has 3 aromatic rings. The number of aryl methyl sites for hydroxylation is 1. The zero-order valence-corrected chi connectivity index (χ0v) is 12.8. The van der Waals surface area contributed by atoms with Gasteiger partial charge in [0.25, 0.3) is 0 Å². The monoisotopic (exact) mass is 330 g/mol. The molecular weight excluding hydrogens is 316 g/mol. The van der Waals surface area contributed by atoms with Crippen molar-refractivity contribution in [2.75, 3.05) is 5.73 Å². The second-order valence-electron chi connectivity index (χ2n) is 4.81. The number of oxazole rings is 1. The zero-order chi connectivity index (χ0) is 14.1. The standard InChI is InChI=1S/C16H15BrN2O/c1-2-10-7-13(17)16-14(8-10)19-15(20-16)9-11-3-5-12(18)6-4-11/h3-8H,2,9,18H2,1H3. The summed E-state index contributed by atoms with van der Waals surface area (Å²) in [4.78, 5) is 4.57. The molecule has 3 rings (SSSR count). The summed E-state index contributed by atoms with van der Waals surface area (Å²) < 4.78 is 6.80. The van der Waals surface area contributed by atoms with Gasteiger partial charge in [0.1, 0.15) is 5.52 Å². The first-order valence-electron chi connectivity index (χ1n) is 6.58. The Hall–Kier alpha value is -1.81. The molecule has 0 bridgehead atoms. The molecule has 0 saturated heterocycles. The van der Waals surface area contributed by atoms with E-state index in [2.05, 4.69) is 40.0 Å². The number of fused-ring (bicyclic) bond motifs is 1. The number of anilines is 1. The molecule has 0 radical (unpaired) electrons. The fourth-order valence-corrected chi connectivity index (χ4v) is 2.76. The van der Waals surface area contributed by atoms with Gasteiger partial charge in [0, 0.05) is 12.1 Å². The highest BCUT2D eigenvalue weighted by molar-refractivity contribution is 9.10. The van der Waals surface area contributed by atoms with Crippen LogP contribution in [0.2, 0.25) is 0 Å². The molecule has 0 saturated carbocycles. The number of aromatic nitrogens is 1. The number of benzene rings is 2. The van der Waals surface area contributed by atoms with Gasteiger partial charge in [0.05, 0.1) is 4.47 Å². The molecule has 0 aliphatic rings. The number of nitrogens with two attached hydrogens (primary N) is 1. The maximum atomic E-state index is 5.84. The van der Waals surface area contributed by atoms with Crippen molar-refractivity contribution in [1.82, 2.24) is 4.98 Å². The average Bonchev–Trinajstić information content (AvgIpc) is 2.84. The first-order valence-corrected chi connectivity index (χ1v) is 7.37. The van der Waals surface area contributed by atoms with Gasteiger partial charge in [-0.3, -0.25) is 0 Å². The van der Waals surface area contributed by atoms with Gasteiger partial charge in [0.2, 0.25) is 0 Å². The van der Waals surface area contributed by atoms with Gasteiger partial charge in [-0.2, -0.15) is 0 Å². The highest BCUT2D eigenvalue weighted by Crippen LogP contribution is 2.27. The predicted octanol–water partition coefficient (Wildman–Crippen LogP) is 4.33. The summed E-state index contributed by atoms with van der Waals surface area (Å²) in [5.41, 5.74) is 10.6. The van der Waals surface area contributed by atoms with Gasteiger partial charge in [-0.05, 0) is 57.7 Å². The number of hydrogen-bond donors (Lipinski definition) is 1. The van der Waals surface area contributed by atoms with E-state index in [1.165, 1.54) is 5.56 Å². The van der Waals surface area contributed by atoms with Crippen LogP contribution >= 0.6 is 15.9 Å². The van der Waals surface area contributed by atoms with E-state index in [4.69, 9.17) is 10.2 Å². The van der Waals surface area contributed by atoms with Crippen molar-refractivity contribution in [1.29, 1.82) is 0 Å². The van der Waals surface area contributed by atoms with Gasteiger partial charge in [-0.1, -0.05) is 19.1 Å². The normalized spacial score (nSPS) is 11.1. The Labute approximate surface area is 125 Å². The van der Waals surface area contributed by atoms with Crippen LogP contribution in [0.1, 0.15) is 23.9 Å². The summed E-state index contributed by atoms with van der Waals surface area (Å²) in [7, 11) is 0. The van der Waals surface area contributed by atoms with E-state index in [0.717, 1.165) is 39.1 Å². The largest absolute Gasteiger partial charge is 0.439 e. The Balaban J connectivity index is 1.96. The van der Waals surface area contributed by atoms with Crippen LogP contribution < -0.4 is 5.73 Å². The Kier molecular flexibility index (Phi) is 3.49. The Morgan fingerprint density at radius 3 is 2.60 bits per heavy atom. The molecule has 3 nitrogen and oxygen atoms in total. The molecule has 0 atom stereocenters. The van der Waals surface area contributed by atoms with E-state index in [0.29, 0.717) is 6.42 Å². The average molecular weight is 331 g/mol. The molecule has 20 heavy (non-hydrogen) atoms. The molecule has 0 aliphatic heterocycles. The highest BCUT2D eigenvalue weighted by Gasteiger charge is 2.10. The Morgan fingerprint density at radius 1 is 1.15 bits per heavy atom. The fraction of sp³-hybridized carbons (Fsp3) is 0.188. The molecule has 4 heteroatoms. The molecule has 2 N–H and O–H groups in total. The van der Waals surface area contributed by atoms with Crippen molar-refractivity contribution in [2.24, 2.45) is 0 Å². The third kappa shape index (κ3) is 2.56. The summed E-state index contributed by atoms with van der Waals surface area (Å²) in [5.74, 6) is 0.721. The Bertz CT molecular complexity index is 747. The first kappa shape index (κ1) is 13.2. The van der Waals surface area contributed by atoms with Gasteiger partial charge >= 0.3 is 0 Å². The number of nitrogen functional groups attached to an aromatic ring is 1. The molecule has 102 valence electrons. The third-order valence-electron chi connectivity index (χ3n) is 3.29. The summed E-state index contributed by atoms with van der Waals surface area (Å²) in [6, 6.07) is 11.9. The molecule has 0 amide bonds. The molecule has 0 aliphatic carbocycles. The topological polar surface area (TPSA) is 52.0 Å². The second kappa shape index (κ2) is 5.29. The molecule has 0 unspecified atom stereocenters. The van der Waals surface area contributed by atoms with Gasteiger partial charge in [-0.15, -0.1) is 0 Å². The number of halogens is 1. The molecule has 2 aromatic carbocycles. The zero-order valence-electron chi connectivity index (χ0n) is 11.2. The fourth-order valence-electron chi connectivity index (χ4n) is 2.18. The van der Waals surface area contributed by atoms with Crippen LogP contribution in [0.15, 0.2) is 45.3 Å². The van der Waals surface area contributed by atoms with Crippen molar-refractivity contribution in [2.45, 2.75) is 19.8 Å². The number of hydrogen-bond acceptors (Lipinski definition) is 3. The lowest BCUT2D eigenvalue weighted by atomic mass is 10.1. The van der Waals surface area contributed by atoms with Crippen molar-refractivity contribution in [3.63, 3.8) is 0 Å². The summed E-state index contributed by atoms with van der Waals surface area (Å²) in [6.07, 6.45) is 1.65. The van der Waals surface area contributed by atoms with E-state index in [9.17, 15) is 0 Å². The molecule has 1 aromatic heterocycles. The lowest BCUT2D eigenvalue weighted by Crippen LogP contribution is -1.89. The summed E-state index contributed by atoms with van der Waals surface area (Å²) >= 11 is 3.55. The number of rotatable bonds is 3. The SMILES string of the molecule is CCc1cc(Br)c2oc(Cc3ccc(N)cc3)nc2c1. The lowest BCUT2D eigenvalue weighted by Gasteiger charge is -1.98. The highest BCUT2D eigenvalue weighted by atomic mass is 79.9. The molecule has 0 spiro atoms. The van der Waals surface area contributed by atoms with Crippen molar-refractivity contribution >= 4 is 32.7 Å². The van der Waals surface area contributed by atoms with Crippen LogP contribution in [0.4, 0.5) is 5.69 Å². The van der Waals surface area contributed by atoms with Crippen LogP contribution in [0, 0.1) is 0 Å². The van der Waals surface area contributed by atoms with E-state index in [1.54, 1.807) is 0 Å². The maximum Gasteiger partial charge on any atom is 0.199 e. The van der Waals surface area contributed by atoms with Gasteiger partial charge < -0.3 is 10.2 Å². The predicted molar refractivity (Wildman–Crippen MR) is 84.7 cm³/mol. The quantitative estimate of drug-likeness (QED) is 0.727. The summed E-state index contributed by atoms with van der Waals surface area (Å²) in [6.45, 7) is 2.13. The van der Waals surface area contributed by atoms with Crippen LogP contribution in [-0.4, -0.2) is 4.98 Å². The van der Waals surface area contributed by atoms with E-state index < -0.39 is 0 Å². The van der Waals surface area contributed by atoms with Crippen LogP contribution in [0.25, 0.3) is 11.1 Å². The van der Waals surface area contributed by atoms with E-state index >= 15 is 0 Å². The summed E-state index contributed by atoms with van der Waals surface area (Å²) in [5, 5.41) is 0. The van der Waals surface area contributed by atoms with Crippen molar-refractivity contribution < 1.29 is 4.42 Å². The van der Waals surface area contributed by atoms with Crippen LogP contribution in [0.3, 0.4) is 0 Å². The second-order valence-corrected chi connectivity index (χ2v) is 5.66. The number of nitrogens with zero attached hydrogens (tertiary/aromatic N) is 1. The van der Waals surface area contributed by atoms with Crippen molar-refractivity contribution in [3.05, 3.63) is 57.9 Å². The van der Waals surface area contributed by atoms with Crippen LogP contribution in [-0.2, 0) is 12.8 Å². The maximum absolute atomic E-state index is 5.84. The Morgan fingerprint density at radius 2 is 1.90 bits per heavy atom. The van der Waals surface area contributed by atoms with Gasteiger partial charge in [0.15, 0.2) is 11.5 Å². The lowest BCUT2D eigenvalue weighted by molar-refractivity contribution is 0.542. The first-order chi connectivity index (χ1) is 9.65. The minimum absolute atomic E-state index is 0.670. The van der Waals surface area contributed by atoms with Gasteiger partial charge in [-0.25, -0.2) is 4.98 Å². The van der Waals surface area contributed by atoms with E-state index in [-0.39, 0.29) is 0 Å². The minimum Gasteiger partial charge on any atom is -0.439 e.